The molecule has 3 rings (SSSR count). The Morgan fingerprint density at radius 2 is 1.68 bits per heavy atom. The SMILES string of the molecule is COc1ccccc1N(c1ncccn1)N1CCN(C)CC1. The Morgan fingerprint density at radius 3 is 2.36 bits per heavy atom. The molecule has 0 spiro atoms. The standard InChI is InChI=1S/C16H21N5O/c1-19-10-12-20(13-11-19)21(16-17-8-5-9-18-16)14-6-3-4-7-15(14)22-2/h3-9H,10-13H2,1-2H3. The predicted molar refractivity (Wildman–Crippen MR) is 86.2 cm³/mol. The molecule has 1 aromatic carbocycles. The zero-order chi connectivity index (χ0) is 15.4. The van der Waals surface area contributed by atoms with Crippen molar-refractivity contribution >= 4 is 11.6 Å². The fourth-order valence-corrected chi connectivity index (χ4v) is 2.59. The van der Waals surface area contributed by atoms with Crippen LogP contribution in [0.25, 0.3) is 0 Å². The second-order valence-corrected chi connectivity index (χ2v) is 5.29. The molecule has 0 radical (unpaired) electrons. The number of anilines is 2. The highest BCUT2D eigenvalue weighted by atomic mass is 16.5. The van der Waals surface area contributed by atoms with Crippen molar-refractivity contribution in [1.82, 2.24) is 19.9 Å². The van der Waals surface area contributed by atoms with Gasteiger partial charge in [-0.3, -0.25) is 0 Å². The molecule has 0 atom stereocenters. The summed E-state index contributed by atoms with van der Waals surface area (Å²) in [6.07, 6.45) is 3.53. The van der Waals surface area contributed by atoms with Crippen LogP contribution in [-0.2, 0) is 0 Å². The molecule has 2 aromatic rings. The van der Waals surface area contributed by atoms with Crippen molar-refractivity contribution in [3.8, 4) is 5.75 Å². The molecule has 1 fully saturated rings. The Hall–Kier alpha value is -2.18. The summed E-state index contributed by atoms with van der Waals surface area (Å²) < 4.78 is 5.53. The number of methoxy groups -OCH3 is 1. The Labute approximate surface area is 130 Å². The maximum absolute atomic E-state index is 5.53. The lowest BCUT2D eigenvalue weighted by atomic mass is 10.2. The number of hydrogen-bond donors (Lipinski definition) is 0. The molecule has 1 aromatic heterocycles. The van der Waals surface area contributed by atoms with E-state index in [0.717, 1.165) is 37.6 Å². The van der Waals surface area contributed by atoms with E-state index in [4.69, 9.17) is 4.74 Å². The zero-order valence-corrected chi connectivity index (χ0v) is 13.0. The summed E-state index contributed by atoms with van der Waals surface area (Å²) in [7, 11) is 3.83. The molecule has 0 unspecified atom stereocenters. The molecule has 1 aliphatic heterocycles. The van der Waals surface area contributed by atoms with Crippen LogP contribution in [0.3, 0.4) is 0 Å². The number of para-hydroxylation sites is 2. The highest BCUT2D eigenvalue weighted by molar-refractivity contribution is 5.64. The second kappa shape index (κ2) is 6.72. The number of nitrogens with zero attached hydrogens (tertiary/aromatic N) is 5. The maximum Gasteiger partial charge on any atom is 0.245 e. The predicted octanol–water partition coefficient (Wildman–Crippen LogP) is 1.79. The van der Waals surface area contributed by atoms with E-state index >= 15 is 0 Å². The van der Waals surface area contributed by atoms with E-state index in [9.17, 15) is 0 Å². The molecule has 0 bridgehead atoms. The first-order valence-corrected chi connectivity index (χ1v) is 7.43. The molecule has 1 saturated heterocycles. The van der Waals surface area contributed by atoms with E-state index in [-0.39, 0.29) is 0 Å². The van der Waals surface area contributed by atoms with E-state index in [1.165, 1.54) is 0 Å². The van der Waals surface area contributed by atoms with Crippen molar-refractivity contribution in [3.05, 3.63) is 42.7 Å². The van der Waals surface area contributed by atoms with Gasteiger partial charge in [0.2, 0.25) is 5.95 Å². The first-order valence-electron chi connectivity index (χ1n) is 7.43. The Bertz CT molecular complexity index is 598. The minimum Gasteiger partial charge on any atom is -0.495 e. The summed E-state index contributed by atoms with van der Waals surface area (Å²) >= 11 is 0. The van der Waals surface area contributed by atoms with Crippen molar-refractivity contribution in [2.45, 2.75) is 0 Å². The van der Waals surface area contributed by atoms with E-state index in [1.807, 2.05) is 30.3 Å². The summed E-state index contributed by atoms with van der Waals surface area (Å²) in [5, 5.41) is 4.33. The van der Waals surface area contributed by atoms with Crippen molar-refractivity contribution in [3.63, 3.8) is 0 Å². The van der Waals surface area contributed by atoms with E-state index in [2.05, 4.69) is 31.9 Å². The number of piperazine rings is 1. The van der Waals surface area contributed by atoms with Gasteiger partial charge in [0, 0.05) is 38.6 Å². The van der Waals surface area contributed by atoms with Crippen molar-refractivity contribution < 1.29 is 4.74 Å². The second-order valence-electron chi connectivity index (χ2n) is 5.29. The fraction of sp³-hybridized carbons (Fsp3) is 0.375. The lowest BCUT2D eigenvalue weighted by Crippen LogP contribution is -2.51. The van der Waals surface area contributed by atoms with Gasteiger partial charge in [0.05, 0.1) is 7.11 Å². The third kappa shape index (κ3) is 3.03. The van der Waals surface area contributed by atoms with Crippen LogP contribution in [0.2, 0.25) is 0 Å². The zero-order valence-electron chi connectivity index (χ0n) is 13.0. The van der Waals surface area contributed by atoms with E-state index in [0.29, 0.717) is 5.95 Å². The number of likely N-dealkylation sites (N-methyl/N-ethyl adjacent to an activating group) is 1. The summed E-state index contributed by atoms with van der Waals surface area (Å²) in [6, 6.07) is 9.79. The van der Waals surface area contributed by atoms with Crippen LogP contribution in [-0.4, -0.2) is 60.2 Å². The summed E-state index contributed by atoms with van der Waals surface area (Å²) in [5.41, 5.74) is 0.959. The Morgan fingerprint density at radius 1 is 1.00 bits per heavy atom. The van der Waals surface area contributed by atoms with Gasteiger partial charge in [-0.05, 0) is 25.2 Å². The van der Waals surface area contributed by atoms with E-state index < -0.39 is 0 Å². The van der Waals surface area contributed by atoms with Gasteiger partial charge >= 0.3 is 0 Å². The van der Waals surface area contributed by atoms with Crippen molar-refractivity contribution in [2.24, 2.45) is 0 Å². The fourth-order valence-electron chi connectivity index (χ4n) is 2.59. The lowest BCUT2D eigenvalue weighted by molar-refractivity contribution is 0.152. The van der Waals surface area contributed by atoms with Crippen LogP contribution in [0.5, 0.6) is 5.75 Å². The number of benzene rings is 1. The molecule has 1 aliphatic rings. The van der Waals surface area contributed by atoms with Gasteiger partial charge in [0.15, 0.2) is 0 Å². The summed E-state index contributed by atoms with van der Waals surface area (Å²) in [6.45, 7) is 3.87. The van der Waals surface area contributed by atoms with Gasteiger partial charge in [-0.2, -0.15) is 0 Å². The lowest BCUT2D eigenvalue weighted by Gasteiger charge is -2.40. The number of hydrazine groups is 1. The van der Waals surface area contributed by atoms with Crippen LogP contribution in [0.1, 0.15) is 0 Å². The van der Waals surface area contributed by atoms with Crippen LogP contribution in [0.15, 0.2) is 42.7 Å². The monoisotopic (exact) mass is 299 g/mol. The number of aromatic nitrogens is 2. The van der Waals surface area contributed by atoms with Gasteiger partial charge < -0.3 is 9.64 Å². The maximum atomic E-state index is 5.53. The van der Waals surface area contributed by atoms with Gasteiger partial charge in [-0.25, -0.2) is 20.0 Å². The van der Waals surface area contributed by atoms with Crippen LogP contribution >= 0.6 is 0 Å². The average molecular weight is 299 g/mol. The molecular formula is C16H21N5O. The molecule has 0 amide bonds. The Kier molecular flexibility index (Phi) is 4.50. The first-order chi connectivity index (χ1) is 10.8. The molecule has 0 saturated carbocycles. The first kappa shape index (κ1) is 14.7. The van der Waals surface area contributed by atoms with E-state index in [1.54, 1.807) is 19.5 Å². The normalized spacial score (nSPS) is 16.5. The minimum absolute atomic E-state index is 0.663. The average Bonchev–Trinajstić information content (AvgIpc) is 2.58. The smallest absolute Gasteiger partial charge is 0.245 e. The molecule has 6 heteroatoms. The largest absolute Gasteiger partial charge is 0.495 e. The molecule has 22 heavy (non-hydrogen) atoms. The highest BCUT2D eigenvalue weighted by Gasteiger charge is 2.26. The molecule has 0 aliphatic carbocycles. The number of hydrogen-bond acceptors (Lipinski definition) is 6. The number of ether oxygens (including phenoxy) is 1. The third-order valence-corrected chi connectivity index (χ3v) is 3.82. The van der Waals surface area contributed by atoms with Gasteiger partial charge in [0.25, 0.3) is 0 Å². The van der Waals surface area contributed by atoms with Crippen LogP contribution in [0.4, 0.5) is 11.6 Å². The van der Waals surface area contributed by atoms with Crippen LogP contribution < -0.4 is 9.75 Å². The third-order valence-electron chi connectivity index (χ3n) is 3.82. The van der Waals surface area contributed by atoms with Crippen LogP contribution in [0, 0.1) is 0 Å². The highest BCUT2D eigenvalue weighted by Crippen LogP contribution is 2.33. The quantitative estimate of drug-likeness (QED) is 0.857. The topological polar surface area (TPSA) is 44.7 Å². The molecular weight excluding hydrogens is 278 g/mol. The summed E-state index contributed by atoms with van der Waals surface area (Å²) in [5.74, 6) is 1.48. The van der Waals surface area contributed by atoms with Gasteiger partial charge in [-0.15, -0.1) is 0 Å². The molecule has 2 heterocycles. The van der Waals surface area contributed by atoms with Gasteiger partial charge in [0.1, 0.15) is 11.4 Å². The Balaban J connectivity index is 1.99. The molecule has 6 nitrogen and oxygen atoms in total. The molecule has 116 valence electrons. The number of rotatable bonds is 4. The minimum atomic E-state index is 0.663. The van der Waals surface area contributed by atoms with Gasteiger partial charge in [-0.1, -0.05) is 12.1 Å². The van der Waals surface area contributed by atoms with Crippen molar-refractivity contribution in [2.75, 3.05) is 45.3 Å². The summed E-state index contributed by atoms with van der Waals surface area (Å²) in [4.78, 5) is 11.2. The molecule has 0 N–H and O–H groups in total. The van der Waals surface area contributed by atoms with Crippen molar-refractivity contribution in [1.29, 1.82) is 0 Å².